The minimum absolute atomic E-state index is 0.0576. The van der Waals surface area contributed by atoms with E-state index >= 15 is 0 Å². The molecule has 0 aromatic carbocycles. The van der Waals surface area contributed by atoms with Crippen LogP contribution in [0.4, 0.5) is 5.95 Å². The lowest BCUT2D eigenvalue weighted by Gasteiger charge is -2.06. The molecule has 2 rings (SSSR count). The van der Waals surface area contributed by atoms with Gasteiger partial charge in [0.05, 0.1) is 12.4 Å². The molecule has 0 saturated heterocycles. The first-order valence-electron chi connectivity index (χ1n) is 5.88. The Kier molecular flexibility index (Phi) is 3.79. The van der Waals surface area contributed by atoms with Crippen molar-refractivity contribution < 1.29 is 8.42 Å². The Morgan fingerprint density at radius 3 is 2.67 bits per heavy atom. The molecule has 4 N–H and O–H groups in total. The molecule has 8 heteroatoms. The molecule has 0 spiro atoms. The van der Waals surface area contributed by atoms with Crippen molar-refractivity contribution in [3.8, 4) is 0 Å². The summed E-state index contributed by atoms with van der Waals surface area (Å²) in [5, 5.41) is 0. The predicted octanol–water partition coefficient (Wildman–Crippen LogP) is 0.229. The molecule has 2 atom stereocenters. The van der Waals surface area contributed by atoms with Crippen molar-refractivity contribution in [3.05, 3.63) is 12.4 Å². The Morgan fingerprint density at radius 2 is 2.11 bits per heavy atom. The van der Waals surface area contributed by atoms with Crippen LogP contribution in [0.2, 0.25) is 0 Å². The maximum atomic E-state index is 12.0. The van der Waals surface area contributed by atoms with Crippen LogP contribution in [0.3, 0.4) is 0 Å². The molecule has 0 radical (unpaired) electrons. The average Bonchev–Trinajstić information content (AvgIpc) is 3.07. The van der Waals surface area contributed by atoms with Crippen LogP contribution in [0.1, 0.15) is 26.2 Å². The van der Waals surface area contributed by atoms with Crippen LogP contribution in [0.25, 0.3) is 0 Å². The number of hydrazine groups is 1. The van der Waals surface area contributed by atoms with E-state index in [0.29, 0.717) is 5.92 Å². The first-order chi connectivity index (χ1) is 8.56. The highest BCUT2D eigenvalue weighted by molar-refractivity contribution is 7.89. The van der Waals surface area contributed by atoms with Gasteiger partial charge in [-0.15, -0.1) is 0 Å². The molecular weight excluding hydrogens is 254 g/mol. The van der Waals surface area contributed by atoms with E-state index in [2.05, 4.69) is 27.0 Å². The van der Waals surface area contributed by atoms with Gasteiger partial charge in [-0.1, -0.05) is 13.3 Å². The second kappa shape index (κ2) is 5.17. The number of nitrogens with two attached hydrogens (primary N) is 1. The van der Waals surface area contributed by atoms with Crippen molar-refractivity contribution in [1.82, 2.24) is 14.7 Å². The summed E-state index contributed by atoms with van der Waals surface area (Å²) in [6.45, 7) is 2.09. The van der Waals surface area contributed by atoms with Crippen molar-refractivity contribution in [3.63, 3.8) is 0 Å². The highest BCUT2D eigenvalue weighted by Gasteiger charge is 2.39. The van der Waals surface area contributed by atoms with Gasteiger partial charge in [0.25, 0.3) is 0 Å². The molecule has 1 aromatic heterocycles. The summed E-state index contributed by atoms with van der Waals surface area (Å²) in [7, 11) is -3.52. The second-order valence-electron chi connectivity index (χ2n) is 4.40. The SMILES string of the molecule is CCCC1CC1NS(=O)(=O)c1cnc(NN)nc1. The van der Waals surface area contributed by atoms with Gasteiger partial charge < -0.3 is 0 Å². The van der Waals surface area contributed by atoms with E-state index < -0.39 is 10.0 Å². The third-order valence-corrected chi connectivity index (χ3v) is 4.40. The molecule has 1 saturated carbocycles. The monoisotopic (exact) mass is 271 g/mol. The number of nitrogens with one attached hydrogen (secondary N) is 2. The normalized spacial score (nSPS) is 22.8. The lowest BCUT2D eigenvalue weighted by atomic mass is 10.2. The van der Waals surface area contributed by atoms with Crippen LogP contribution in [0.5, 0.6) is 0 Å². The average molecular weight is 271 g/mol. The highest BCUT2D eigenvalue weighted by atomic mass is 32.2. The lowest BCUT2D eigenvalue weighted by Crippen LogP contribution is -2.27. The largest absolute Gasteiger partial charge is 0.292 e. The van der Waals surface area contributed by atoms with Crippen LogP contribution in [0.15, 0.2) is 17.3 Å². The molecule has 18 heavy (non-hydrogen) atoms. The number of sulfonamides is 1. The van der Waals surface area contributed by atoms with Crippen LogP contribution >= 0.6 is 0 Å². The molecule has 1 aliphatic carbocycles. The zero-order valence-electron chi connectivity index (χ0n) is 10.1. The molecule has 100 valence electrons. The van der Waals surface area contributed by atoms with E-state index in [0.717, 1.165) is 19.3 Å². The van der Waals surface area contributed by atoms with E-state index in [-0.39, 0.29) is 16.9 Å². The van der Waals surface area contributed by atoms with Gasteiger partial charge in [0.1, 0.15) is 4.90 Å². The number of aromatic nitrogens is 2. The van der Waals surface area contributed by atoms with E-state index in [9.17, 15) is 8.42 Å². The fraction of sp³-hybridized carbons (Fsp3) is 0.600. The van der Waals surface area contributed by atoms with E-state index in [1.165, 1.54) is 12.4 Å². The molecular formula is C10H17N5O2S. The standard InChI is InChI=1S/C10H17N5O2S/c1-2-3-7-4-9(7)15-18(16,17)8-5-12-10(14-11)13-6-8/h5-7,9,15H,2-4,11H2,1H3,(H,12,13,14). The van der Waals surface area contributed by atoms with Gasteiger partial charge in [-0.25, -0.2) is 29.0 Å². The number of rotatable bonds is 6. The topological polar surface area (TPSA) is 110 Å². The zero-order valence-corrected chi connectivity index (χ0v) is 10.9. The van der Waals surface area contributed by atoms with Gasteiger partial charge in [-0.3, -0.25) is 5.43 Å². The van der Waals surface area contributed by atoms with Crippen molar-refractivity contribution in [2.45, 2.75) is 37.1 Å². The zero-order chi connectivity index (χ0) is 13.2. The Hall–Kier alpha value is -1.25. The highest BCUT2D eigenvalue weighted by Crippen LogP contribution is 2.35. The number of nitrogens with zero attached hydrogens (tertiary/aromatic N) is 2. The summed E-state index contributed by atoms with van der Waals surface area (Å²) in [4.78, 5) is 7.62. The van der Waals surface area contributed by atoms with Crippen molar-refractivity contribution >= 4 is 16.0 Å². The Labute approximate surface area is 106 Å². The quantitative estimate of drug-likeness (QED) is 0.504. The molecule has 0 amide bonds. The molecule has 1 aromatic rings. The van der Waals surface area contributed by atoms with Crippen LogP contribution in [-0.2, 0) is 10.0 Å². The smallest absolute Gasteiger partial charge is 0.243 e. The van der Waals surface area contributed by atoms with Crippen LogP contribution in [-0.4, -0.2) is 24.4 Å². The summed E-state index contributed by atoms with van der Waals surface area (Å²) < 4.78 is 26.6. The molecule has 1 fully saturated rings. The summed E-state index contributed by atoms with van der Waals surface area (Å²) in [5.41, 5.74) is 2.25. The minimum atomic E-state index is -3.52. The molecule has 0 bridgehead atoms. The summed E-state index contributed by atoms with van der Waals surface area (Å²) >= 11 is 0. The number of hydrogen-bond donors (Lipinski definition) is 3. The molecule has 1 aliphatic rings. The Balaban J connectivity index is 2.02. The minimum Gasteiger partial charge on any atom is -0.292 e. The van der Waals surface area contributed by atoms with Gasteiger partial charge in [-0.2, -0.15) is 0 Å². The van der Waals surface area contributed by atoms with E-state index in [4.69, 9.17) is 5.84 Å². The van der Waals surface area contributed by atoms with Gasteiger partial charge in [0, 0.05) is 6.04 Å². The second-order valence-corrected chi connectivity index (χ2v) is 6.11. The van der Waals surface area contributed by atoms with Gasteiger partial charge in [0.15, 0.2) is 0 Å². The van der Waals surface area contributed by atoms with Gasteiger partial charge in [0.2, 0.25) is 16.0 Å². The first-order valence-corrected chi connectivity index (χ1v) is 7.36. The maximum absolute atomic E-state index is 12.0. The Bertz CT molecular complexity index is 502. The summed E-state index contributed by atoms with van der Waals surface area (Å²) in [5.74, 6) is 5.76. The predicted molar refractivity (Wildman–Crippen MR) is 67.0 cm³/mol. The number of anilines is 1. The van der Waals surface area contributed by atoms with Gasteiger partial charge in [-0.05, 0) is 18.8 Å². The fourth-order valence-electron chi connectivity index (χ4n) is 1.88. The van der Waals surface area contributed by atoms with E-state index in [1.807, 2.05) is 0 Å². The lowest BCUT2D eigenvalue weighted by molar-refractivity contribution is 0.572. The number of hydrogen-bond acceptors (Lipinski definition) is 6. The summed E-state index contributed by atoms with van der Waals surface area (Å²) in [6.07, 6.45) is 5.52. The van der Waals surface area contributed by atoms with E-state index in [1.54, 1.807) is 0 Å². The van der Waals surface area contributed by atoms with Crippen LogP contribution < -0.4 is 16.0 Å². The molecule has 7 nitrogen and oxygen atoms in total. The van der Waals surface area contributed by atoms with Crippen molar-refractivity contribution in [1.29, 1.82) is 0 Å². The maximum Gasteiger partial charge on any atom is 0.243 e. The first kappa shape index (κ1) is 13.2. The summed E-state index contributed by atoms with van der Waals surface area (Å²) in [6, 6.07) is 0.0576. The Morgan fingerprint density at radius 1 is 1.44 bits per heavy atom. The van der Waals surface area contributed by atoms with Gasteiger partial charge >= 0.3 is 0 Å². The molecule has 1 heterocycles. The fourth-order valence-corrected chi connectivity index (χ4v) is 3.08. The number of nitrogen functional groups attached to an aromatic ring is 1. The molecule has 0 aliphatic heterocycles. The van der Waals surface area contributed by atoms with Crippen molar-refractivity contribution in [2.24, 2.45) is 11.8 Å². The van der Waals surface area contributed by atoms with Crippen molar-refractivity contribution in [2.75, 3.05) is 5.43 Å². The third kappa shape index (κ3) is 2.95. The molecule has 2 unspecified atom stereocenters. The third-order valence-electron chi connectivity index (χ3n) is 2.96. The van der Waals surface area contributed by atoms with Crippen LogP contribution in [0, 0.1) is 5.92 Å².